The molecular weight excluding hydrogens is 430 g/mol. The van der Waals surface area contributed by atoms with Crippen molar-refractivity contribution in [2.45, 2.75) is 11.3 Å². The minimum atomic E-state index is -3.69. The lowest BCUT2D eigenvalue weighted by Crippen LogP contribution is -2.29. The van der Waals surface area contributed by atoms with E-state index < -0.39 is 20.9 Å². The molecular formula is C23H19N3O5S. The van der Waals surface area contributed by atoms with Crippen molar-refractivity contribution in [3.63, 3.8) is 0 Å². The van der Waals surface area contributed by atoms with Gasteiger partial charge >= 0.3 is 0 Å². The predicted molar refractivity (Wildman–Crippen MR) is 122 cm³/mol. The van der Waals surface area contributed by atoms with Crippen molar-refractivity contribution in [2.24, 2.45) is 0 Å². The largest absolute Gasteiger partial charge is 0.323 e. The van der Waals surface area contributed by atoms with Gasteiger partial charge in [-0.1, -0.05) is 18.2 Å². The van der Waals surface area contributed by atoms with Crippen molar-refractivity contribution in [3.8, 4) is 0 Å². The SMILES string of the molecule is O=C(/C=C/c1ccc([N+](=O)[O-])cc1)Nc1ccc(S(=O)(=O)N2CCc3ccccc32)cc1. The maximum atomic E-state index is 13.0. The van der Waals surface area contributed by atoms with E-state index in [0.29, 0.717) is 29.9 Å². The maximum absolute atomic E-state index is 13.0. The fourth-order valence-electron chi connectivity index (χ4n) is 3.46. The molecule has 0 aromatic heterocycles. The third kappa shape index (κ3) is 4.37. The van der Waals surface area contributed by atoms with Crippen molar-refractivity contribution in [1.82, 2.24) is 0 Å². The quantitative estimate of drug-likeness (QED) is 0.348. The summed E-state index contributed by atoms with van der Waals surface area (Å²) >= 11 is 0. The van der Waals surface area contributed by atoms with Gasteiger partial charge in [0.25, 0.3) is 15.7 Å². The van der Waals surface area contributed by atoms with Crippen LogP contribution in [0.3, 0.4) is 0 Å². The Labute approximate surface area is 185 Å². The molecule has 3 aromatic rings. The number of para-hydroxylation sites is 1. The first-order chi connectivity index (χ1) is 15.3. The Morgan fingerprint density at radius 3 is 2.38 bits per heavy atom. The number of amides is 1. The first-order valence-corrected chi connectivity index (χ1v) is 11.2. The van der Waals surface area contributed by atoms with Crippen LogP contribution in [0.15, 0.2) is 83.8 Å². The zero-order chi connectivity index (χ0) is 22.7. The highest BCUT2D eigenvalue weighted by molar-refractivity contribution is 7.92. The van der Waals surface area contributed by atoms with E-state index in [1.165, 1.54) is 65.0 Å². The highest BCUT2D eigenvalue weighted by Crippen LogP contribution is 2.32. The van der Waals surface area contributed by atoms with E-state index >= 15 is 0 Å². The zero-order valence-electron chi connectivity index (χ0n) is 16.8. The van der Waals surface area contributed by atoms with Gasteiger partial charge in [0, 0.05) is 30.4 Å². The van der Waals surface area contributed by atoms with Crippen LogP contribution in [0.25, 0.3) is 6.08 Å². The fourth-order valence-corrected chi connectivity index (χ4v) is 4.96. The number of hydrogen-bond donors (Lipinski definition) is 1. The molecule has 1 amide bonds. The molecule has 0 radical (unpaired) electrons. The van der Waals surface area contributed by atoms with Crippen LogP contribution in [0.5, 0.6) is 0 Å². The van der Waals surface area contributed by atoms with Crippen LogP contribution in [0.4, 0.5) is 17.1 Å². The third-order valence-electron chi connectivity index (χ3n) is 5.09. The van der Waals surface area contributed by atoms with E-state index in [0.717, 1.165) is 5.56 Å². The van der Waals surface area contributed by atoms with E-state index in [-0.39, 0.29) is 10.6 Å². The summed E-state index contributed by atoms with van der Waals surface area (Å²) in [7, 11) is -3.69. The molecule has 0 spiro atoms. The summed E-state index contributed by atoms with van der Waals surface area (Å²) in [6.45, 7) is 0.396. The van der Waals surface area contributed by atoms with Gasteiger partial charge in [-0.3, -0.25) is 19.2 Å². The van der Waals surface area contributed by atoms with Gasteiger partial charge in [0.2, 0.25) is 5.91 Å². The molecule has 0 bridgehead atoms. The van der Waals surface area contributed by atoms with Gasteiger partial charge in [0.15, 0.2) is 0 Å². The van der Waals surface area contributed by atoms with Crippen LogP contribution in [-0.4, -0.2) is 25.8 Å². The van der Waals surface area contributed by atoms with Gasteiger partial charge in [-0.2, -0.15) is 0 Å². The molecule has 0 fully saturated rings. The molecule has 0 aliphatic carbocycles. The van der Waals surface area contributed by atoms with Gasteiger partial charge in [-0.25, -0.2) is 8.42 Å². The van der Waals surface area contributed by atoms with Crippen molar-refractivity contribution >= 4 is 39.1 Å². The molecule has 1 aliphatic heterocycles. The molecule has 1 aliphatic rings. The number of nitro groups is 1. The lowest BCUT2D eigenvalue weighted by molar-refractivity contribution is -0.384. The van der Waals surface area contributed by atoms with Crippen molar-refractivity contribution in [2.75, 3.05) is 16.2 Å². The zero-order valence-corrected chi connectivity index (χ0v) is 17.7. The van der Waals surface area contributed by atoms with Gasteiger partial charge in [-0.15, -0.1) is 0 Å². The summed E-state index contributed by atoms with van der Waals surface area (Å²) in [6.07, 6.45) is 3.50. The molecule has 0 atom stereocenters. The predicted octanol–water partition coefficient (Wildman–Crippen LogP) is 4.00. The normalized spacial score (nSPS) is 13.2. The Bertz CT molecular complexity index is 1300. The Balaban J connectivity index is 1.42. The lowest BCUT2D eigenvalue weighted by Gasteiger charge is -2.19. The molecule has 8 nitrogen and oxygen atoms in total. The number of anilines is 2. The molecule has 9 heteroatoms. The van der Waals surface area contributed by atoms with Crippen LogP contribution < -0.4 is 9.62 Å². The van der Waals surface area contributed by atoms with E-state index in [9.17, 15) is 23.3 Å². The van der Waals surface area contributed by atoms with E-state index in [1.807, 2.05) is 18.2 Å². The molecule has 0 unspecified atom stereocenters. The van der Waals surface area contributed by atoms with Crippen molar-refractivity contribution < 1.29 is 18.1 Å². The van der Waals surface area contributed by atoms with Crippen LogP contribution >= 0.6 is 0 Å². The number of fused-ring (bicyclic) bond motifs is 1. The molecule has 32 heavy (non-hydrogen) atoms. The van der Waals surface area contributed by atoms with Gasteiger partial charge in [0.05, 0.1) is 15.5 Å². The smallest absolute Gasteiger partial charge is 0.269 e. The first-order valence-electron chi connectivity index (χ1n) is 9.79. The molecule has 1 N–H and O–H groups in total. The highest BCUT2D eigenvalue weighted by atomic mass is 32.2. The summed E-state index contributed by atoms with van der Waals surface area (Å²) in [6, 6.07) is 19.2. The van der Waals surface area contributed by atoms with Gasteiger partial charge in [-0.05, 0) is 66.1 Å². The monoisotopic (exact) mass is 449 g/mol. The number of carbonyl (C=O) groups is 1. The van der Waals surface area contributed by atoms with E-state index in [2.05, 4.69) is 5.32 Å². The summed E-state index contributed by atoms with van der Waals surface area (Å²) in [4.78, 5) is 22.5. The van der Waals surface area contributed by atoms with Crippen LogP contribution in [-0.2, 0) is 21.2 Å². The minimum absolute atomic E-state index is 0.0286. The van der Waals surface area contributed by atoms with Crippen LogP contribution in [0.2, 0.25) is 0 Å². The molecule has 162 valence electrons. The summed E-state index contributed by atoms with van der Waals surface area (Å²) in [5, 5.41) is 13.3. The molecule has 1 heterocycles. The standard InChI is InChI=1S/C23H19N3O5S/c27-23(14-7-17-5-10-20(11-6-17)26(28)29)24-19-8-12-21(13-9-19)32(30,31)25-16-15-18-3-1-2-4-22(18)25/h1-14H,15-16H2,(H,24,27)/b14-7+. The molecule has 3 aromatic carbocycles. The van der Waals surface area contributed by atoms with Crippen molar-refractivity contribution in [1.29, 1.82) is 0 Å². The second-order valence-corrected chi connectivity index (χ2v) is 9.01. The summed E-state index contributed by atoms with van der Waals surface area (Å²) in [5.41, 5.74) is 2.75. The third-order valence-corrected chi connectivity index (χ3v) is 6.91. The lowest BCUT2D eigenvalue weighted by atomic mass is 10.2. The number of nitro benzene ring substituents is 1. The second kappa shape index (κ2) is 8.64. The number of nitrogens with zero attached hydrogens (tertiary/aromatic N) is 2. The molecule has 4 rings (SSSR count). The summed E-state index contributed by atoms with van der Waals surface area (Å²) in [5.74, 6) is -0.410. The average molecular weight is 449 g/mol. The average Bonchev–Trinajstić information content (AvgIpc) is 3.23. The number of nitrogens with one attached hydrogen (secondary N) is 1. The van der Waals surface area contributed by atoms with Crippen molar-refractivity contribution in [3.05, 3.63) is 100 Å². The van der Waals surface area contributed by atoms with Gasteiger partial charge < -0.3 is 5.32 Å². The first kappa shape index (κ1) is 21.3. The highest BCUT2D eigenvalue weighted by Gasteiger charge is 2.30. The Kier molecular flexibility index (Phi) is 5.74. The second-order valence-electron chi connectivity index (χ2n) is 7.15. The fraction of sp³-hybridized carbons (Fsp3) is 0.0870. The topological polar surface area (TPSA) is 110 Å². The number of non-ortho nitro benzene ring substituents is 1. The van der Waals surface area contributed by atoms with Gasteiger partial charge in [0.1, 0.15) is 0 Å². The van der Waals surface area contributed by atoms with E-state index in [4.69, 9.17) is 0 Å². The maximum Gasteiger partial charge on any atom is 0.269 e. The Hall–Kier alpha value is -3.98. The van der Waals surface area contributed by atoms with E-state index in [1.54, 1.807) is 6.07 Å². The number of carbonyl (C=O) groups excluding carboxylic acids is 1. The minimum Gasteiger partial charge on any atom is -0.323 e. The summed E-state index contributed by atoms with van der Waals surface area (Å²) < 4.78 is 27.5. The number of sulfonamides is 1. The Morgan fingerprint density at radius 1 is 1.00 bits per heavy atom. The van der Waals surface area contributed by atoms with Crippen LogP contribution in [0.1, 0.15) is 11.1 Å². The number of hydrogen-bond acceptors (Lipinski definition) is 5. The number of rotatable bonds is 6. The molecule has 0 saturated heterocycles. The molecule has 0 saturated carbocycles. The number of benzene rings is 3. The Morgan fingerprint density at radius 2 is 1.69 bits per heavy atom. The van der Waals surface area contributed by atoms with Crippen LogP contribution in [0, 0.1) is 10.1 Å².